The van der Waals surface area contributed by atoms with Gasteiger partial charge in [0.25, 0.3) is 0 Å². The van der Waals surface area contributed by atoms with Crippen LogP contribution in [-0.4, -0.2) is 18.2 Å². The third-order valence-electron chi connectivity index (χ3n) is 3.92. The lowest BCUT2D eigenvalue weighted by atomic mass is 9.86. The number of hydrogen-bond acceptors (Lipinski definition) is 2. The highest BCUT2D eigenvalue weighted by molar-refractivity contribution is 7.80. The van der Waals surface area contributed by atoms with Crippen molar-refractivity contribution in [3.05, 3.63) is 29.8 Å². The second-order valence-electron chi connectivity index (χ2n) is 5.51. The number of nitrogens with zero attached hydrogens (tertiary/aromatic N) is 1. The molecule has 0 aromatic heterocycles. The Morgan fingerprint density at radius 2 is 2.00 bits per heavy atom. The van der Waals surface area contributed by atoms with Crippen LogP contribution in [0.5, 0.6) is 0 Å². The Labute approximate surface area is 115 Å². The second-order valence-corrected chi connectivity index (χ2v) is 5.88. The van der Waals surface area contributed by atoms with E-state index in [-0.39, 0.29) is 5.91 Å². The molecule has 0 saturated carbocycles. The molecule has 1 atom stereocenters. The summed E-state index contributed by atoms with van der Waals surface area (Å²) in [4.78, 5) is 14.5. The average molecular weight is 263 g/mol. The second kappa shape index (κ2) is 4.96. The molecule has 0 radical (unpaired) electrons. The van der Waals surface area contributed by atoms with Crippen LogP contribution in [0.4, 0.5) is 5.69 Å². The first kappa shape index (κ1) is 13.5. The molecule has 2 rings (SSSR count). The predicted octanol–water partition coefficient (Wildman–Crippen LogP) is 3.27. The molecular formula is C15H21NOS. The fourth-order valence-corrected chi connectivity index (χ4v) is 2.93. The fourth-order valence-electron chi connectivity index (χ4n) is 2.55. The van der Waals surface area contributed by atoms with E-state index in [2.05, 4.69) is 25.6 Å². The number of para-hydroxylation sites is 1. The topological polar surface area (TPSA) is 20.3 Å². The monoisotopic (exact) mass is 263 g/mol. The highest BCUT2D eigenvalue weighted by Crippen LogP contribution is 2.41. The van der Waals surface area contributed by atoms with Crippen molar-refractivity contribution in [3.8, 4) is 0 Å². The molecule has 1 heterocycles. The van der Waals surface area contributed by atoms with Crippen LogP contribution in [0, 0.1) is 5.92 Å². The molecule has 1 aromatic rings. The fraction of sp³-hybridized carbons (Fsp3) is 0.533. The van der Waals surface area contributed by atoms with E-state index < -0.39 is 5.41 Å². The molecule has 0 spiro atoms. The molecule has 1 aliphatic rings. The van der Waals surface area contributed by atoms with Crippen molar-refractivity contribution < 1.29 is 4.79 Å². The molecule has 2 nitrogen and oxygen atoms in total. The number of fused-ring (bicyclic) bond motifs is 1. The van der Waals surface area contributed by atoms with Crippen molar-refractivity contribution in [1.29, 1.82) is 0 Å². The van der Waals surface area contributed by atoms with Gasteiger partial charge >= 0.3 is 0 Å². The van der Waals surface area contributed by atoms with Crippen LogP contribution in [0.15, 0.2) is 24.3 Å². The Morgan fingerprint density at radius 3 is 2.61 bits per heavy atom. The Morgan fingerprint density at radius 1 is 1.33 bits per heavy atom. The first-order chi connectivity index (χ1) is 8.52. The van der Waals surface area contributed by atoms with E-state index in [1.54, 1.807) is 0 Å². The largest absolute Gasteiger partial charge is 0.311 e. The normalized spacial score (nSPS) is 18.9. The van der Waals surface area contributed by atoms with Gasteiger partial charge in [0.15, 0.2) is 0 Å². The minimum atomic E-state index is -0.397. The van der Waals surface area contributed by atoms with E-state index in [0.717, 1.165) is 30.0 Å². The molecule has 1 amide bonds. The highest BCUT2D eigenvalue weighted by atomic mass is 32.1. The third-order valence-corrected chi connectivity index (χ3v) is 4.44. The predicted molar refractivity (Wildman–Crippen MR) is 79.5 cm³/mol. The van der Waals surface area contributed by atoms with Crippen molar-refractivity contribution >= 4 is 24.2 Å². The number of hydrogen-bond donors (Lipinski definition) is 1. The number of carbonyl (C=O) groups excluding carboxylic acids is 1. The maximum atomic E-state index is 12.6. The Balaban J connectivity index is 2.36. The zero-order valence-corrected chi connectivity index (χ0v) is 12.2. The van der Waals surface area contributed by atoms with Gasteiger partial charge in [-0.1, -0.05) is 31.5 Å². The lowest BCUT2D eigenvalue weighted by Crippen LogP contribution is -2.39. The van der Waals surface area contributed by atoms with E-state index in [4.69, 9.17) is 0 Å². The third kappa shape index (κ3) is 2.05. The van der Waals surface area contributed by atoms with Gasteiger partial charge in [0, 0.05) is 12.2 Å². The molecule has 1 aliphatic heterocycles. The van der Waals surface area contributed by atoms with Gasteiger partial charge < -0.3 is 4.90 Å². The van der Waals surface area contributed by atoms with Crippen LogP contribution in [0.2, 0.25) is 0 Å². The number of anilines is 1. The van der Waals surface area contributed by atoms with E-state index in [9.17, 15) is 4.79 Å². The minimum absolute atomic E-state index is 0.212. The van der Waals surface area contributed by atoms with E-state index in [1.165, 1.54) is 0 Å². The van der Waals surface area contributed by atoms with E-state index >= 15 is 0 Å². The highest BCUT2D eigenvalue weighted by Gasteiger charge is 2.43. The molecule has 18 heavy (non-hydrogen) atoms. The molecule has 0 bridgehead atoms. The number of benzene rings is 1. The summed E-state index contributed by atoms with van der Waals surface area (Å²) in [5.74, 6) is 1.49. The molecule has 3 heteroatoms. The minimum Gasteiger partial charge on any atom is -0.311 e. The molecule has 1 aromatic carbocycles. The summed E-state index contributed by atoms with van der Waals surface area (Å²) in [5, 5.41) is 0. The van der Waals surface area contributed by atoms with Crippen molar-refractivity contribution in [2.75, 3.05) is 17.2 Å². The van der Waals surface area contributed by atoms with E-state index in [1.807, 2.05) is 36.9 Å². The molecule has 0 fully saturated rings. The van der Waals surface area contributed by atoms with Crippen LogP contribution in [-0.2, 0) is 10.2 Å². The Hall–Kier alpha value is -0.960. The van der Waals surface area contributed by atoms with Crippen LogP contribution < -0.4 is 4.90 Å². The van der Waals surface area contributed by atoms with Crippen molar-refractivity contribution in [2.45, 2.75) is 32.6 Å². The van der Waals surface area contributed by atoms with Crippen LogP contribution in [0.1, 0.15) is 32.8 Å². The molecular weight excluding hydrogens is 242 g/mol. The van der Waals surface area contributed by atoms with Gasteiger partial charge in [0.05, 0.1) is 5.41 Å². The van der Waals surface area contributed by atoms with E-state index in [0.29, 0.717) is 5.92 Å². The molecule has 0 aliphatic carbocycles. The Kier molecular flexibility index (Phi) is 3.71. The first-order valence-corrected chi connectivity index (χ1v) is 7.18. The molecule has 0 saturated heterocycles. The summed E-state index contributed by atoms with van der Waals surface area (Å²) in [6.45, 7) is 6.95. The van der Waals surface area contributed by atoms with Gasteiger partial charge in [-0.25, -0.2) is 0 Å². The molecule has 0 N–H and O–H groups in total. The van der Waals surface area contributed by atoms with Crippen molar-refractivity contribution in [2.24, 2.45) is 5.92 Å². The van der Waals surface area contributed by atoms with Crippen LogP contribution in [0.25, 0.3) is 0 Å². The Bertz CT molecular complexity index is 452. The summed E-state index contributed by atoms with van der Waals surface area (Å²) in [7, 11) is 0. The lowest BCUT2D eigenvalue weighted by Gasteiger charge is -2.24. The van der Waals surface area contributed by atoms with Gasteiger partial charge in [-0.05, 0) is 37.1 Å². The summed E-state index contributed by atoms with van der Waals surface area (Å²) in [5.41, 5.74) is 1.82. The van der Waals surface area contributed by atoms with Crippen LogP contribution in [0.3, 0.4) is 0 Å². The zero-order valence-electron chi connectivity index (χ0n) is 11.3. The van der Waals surface area contributed by atoms with Crippen molar-refractivity contribution in [3.63, 3.8) is 0 Å². The number of thiol groups is 1. The zero-order chi connectivity index (χ0) is 13.3. The SMILES string of the molecule is CCC(CS)CN1C(=O)C(C)(C)c2ccccc21. The van der Waals surface area contributed by atoms with Gasteiger partial charge in [0.1, 0.15) is 0 Å². The first-order valence-electron chi connectivity index (χ1n) is 6.54. The number of amides is 1. The van der Waals surface area contributed by atoms with Crippen molar-refractivity contribution in [1.82, 2.24) is 0 Å². The maximum Gasteiger partial charge on any atom is 0.237 e. The number of rotatable bonds is 4. The summed E-state index contributed by atoms with van der Waals surface area (Å²) >= 11 is 4.37. The maximum absolute atomic E-state index is 12.6. The van der Waals surface area contributed by atoms with Crippen LogP contribution >= 0.6 is 12.6 Å². The molecule has 98 valence electrons. The average Bonchev–Trinajstić information content (AvgIpc) is 2.57. The van der Waals surface area contributed by atoms with Gasteiger partial charge in [0.2, 0.25) is 5.91 Å². The molecule has 1 unspecified atom stereocenters. The lowest BCUT2D eigenvalue weighted by molar-refractivity contribution is -0.122. The number of carbonyl (C=O) groups is 1. The smallest absolute Gasteiger partial charge is 0.237 e. The quantitative estimate of drug-likeness (QED) is 0.827. The summed E-state index contributed by atoms with van der Waals surface area (Å²) < 4.78 is 0. The van der Waals surface area contributed by atoms with Gasteiger partial charge in [-0.2, -0.15) is 12.6 Å². The van der Waals surface area contributed by atoms with Gasteiger partial charge in [-0.3, -0.25) is 4.79 Å². The standard InChI is InChI=1S/C15H21NOS/c1-4-11(10-18)9-16-13-8-6-5-7-12(13)15(2,3)14(16)17/h5-8,11,18H,4,9-10H2,1-3H3. The van der Waals surface area contributed by atoms with Gasteiger partial charge in [-0.15, -0.1) is 0 Å². The summed E-state index contributed by atoms with van der Waals surface area (Å²) in [6, 6.07) is 8.12. The summed E-state index contributed by atoms with van der Waals surface area (Å²) in [6.07, 6.45) is 1.05.